The molecular weight excluding hydrogens is 280 g/mol. The molecule has 0 spiro atoms. The largest absolute Gasteiger partial charge is 0.454 e. The first-order valence-electron chi connectivity index (χ1n) is 6.68. The molecule has 20 heavy (non-hydrogen) atoms. The number of para-hydroxylation sites is 1. The minimum atomic E-state index is 0. The van der Waals surface area contributed by atoms with E-state index in [1.54, 1.807) is 0 Å². The van der Waals surface area contributed by atoms with Crippen LogP contribution in [-0.2, 0) is 11.3 Å². The average Bonchev–Trinajstić information content (AvgIpc) is 3.06. The summed E-state index contributed by atoms with van der Waals surface area (Å²) in [7, 11) is 0. The number of carbonyl (C=O) groups is 1. The van der Waals surface area contributed by atoms with Crippen LogP contribution in [0, 0.1) is 5.92 Å². The summed E-state index contributed by atoms with van der Waals surface area (Å²) in [5.74, 6) is 2.09. The Morgan fingerprint density at radius 3 is 3.10 bits per heavy atom. The van der Waals surface area contributed by atoms with Crippen LogP contribution in [0.2, 0.25) is 0 Å². The van der Waals surface area contributed by atoms with E-state index >= 15 is 0 Å². The first kappa shape index (κ1) is 14.9. The second kappa shape index (κ2) is 6.81. The number of hydrogen-bond acceptors (Lipinski definition) is 4. The number of halogens is 1. The molecular formula is C14H19ClN2O3. The highest BCUT2D eigenvalue weighted by Crippen LogP contribution is 2.35. The molecule has 110 valence electrons. The highest BCUT2D eigenvalue weighted by molar-refractivity contribution is 5.85. The normalized spacial score (nSPS) is 19.5. The summed E-state index contributed by atoms with van der Waals surface area (Å²) in [4.78, 5) is 11.9. The molecule has 2 heterocycles. The van der Waals surface area contributed by atoms with Crippen LogP contribution in [0.4, 0.5) is 0 Å². The van der Waals surface area contributed by atoms with Crippen molar-refractivity contribution in [2.45, 2.75) is 19.4 Å². The van der Waals surface area contributed by atoms with E-state index in [1.807, 2.05) is 18.2 Å². The Labute approximate surface area is 124 Å². The smallest absolute Gasteiger partial charge is 0.231 e. The lowest BCUT2D eigenvalue weighted by molar-refractivity contribution is -0.122. The third-order valence-electron chi connectivity index (χ3n) is 3.59. The zero-order valence-electron chi connectivity index (χ0n) is 11.2. The maximum atomic E-state index is 11.9. The molecule has 2 N–H and O–H groups in total. The Balaban J connectivity index is 0.00000147. The number of carbonyl (C=O) groups excluding carboxylic acids is 1. The van der Waals surface area contributed by atoms with Crippen molar-refractivity contribution in [1.82, 2.24) is 10.6 Å². The molecule has 0 bridgehead atoms. The van der Waals surface area contributed by atoms with Gasteiger partial charge in [0, 0.05) is 18.5 Å². The van der Waals surface area contributed by atoms with Gasteiger partial charge in [0.25, 0.3) is 0 Å². The molecule has 0 aliphatic carbocycles. The fourth-order valence-corrected chi connectivity index (χ4v) is 2.55. The maximum absolute atomic E-state index is 11.9. The van der Waals surface area contributed by atoms with Crippen LogP contribution in [0.1, 0.15) is 18.4 Å². The van der Waals surface area contributed by atoms with E-state index in [-0.39, 0.29) is 25.1 Å². The van der Waals surface area contributed by atoms with Gasteiger partial charge in [-0.3, -0.25) is 4.79 Å². The van der Waals surface area contributed by atoms with E-state index in [2.05, 4.69) is 10.6 Å². The van der Waals surface area contributed by atoms with Gasteiger partial charge >= 0.3 is 0 Å². The molecule has 3 rings (SSSR count). The molecule has 5 nitrogen and oxygen atoms in total. The Morgan fingerprint density at radius 2 is 2.30 bits per heavy atom. The van der Waals surface area contributed by atoms with Gasteiger partial charge in [-0.15, -0.1) is 12.4 Å². The first-order valence-corrected chi connectivity index (χ1v) is 6.68. The summed E-state index contributed by atoms with van der Waals surface area (Å²) < 4.78 is 10.7. The zero-order chi connectivity index (χ0) is 13.1. The lowest BCUT2D eigenvalue weighted by Gasteiger charge is -2.10. The molecule has 1 fully saturated rings. The average molecular weight is 299 g/mol. The standard InChI is InChI=1S/C14H18N2O3.ClH/c17-13(6-10-4-5-15-7-10)16-8-11-2-1-3-12-14(11)19-9-18-12;/h1-3,10,15H,4-9H2,(H,16,17);1H. The zero-order valence-corrected chi connectivity index (χ0v) is 12.0. The van der Waals surface area contributed by atoms with Crippen LogP contribution in [0.15, 0.2) is 18.2 Å². The van der Waals surface area contributed by atoms with Crippen molar-refractivity contribution in [3.63, 3.8) is 0 Å². The molecule has 0 aromatic heterocycles. The number of nitrogens with one attached hydrogen (secondary N) is 2. The molecule has 1 aromatic rings. The maximum Gasteiger partial charge on any atom is 0.231 e. The lowest BCUT2D eigenvalue weighted by atomic mass is 10.0. The van der Waals surface area contributed by atoms with Crippen molar-refractivity contribution in [3.8, 4) is 11.5 Å². The molecule has 2 aliphatic rings. The highest BCUT2D eigenvalue weighted by Gasteiger charge is 2.20. The van der Waals surface area contributed by atoms with Crippen molar-refractivity contribution in [2.24, 2.45) is 5.92 Å². The quantitative estimate of drug-likeness (QED) is 0.883. The van der Waals surface area contributed by atoms with Crippen molar-refractivity contribution >= 4 is 18.3 Å². The molecule has 2 aliphatic heterocycles. The number of benzene rings is 1. The number of hydrogen-bond donors (Lipinski definition) is 2. The number of amides is 1. The summed E-state index contributed by atoms with van der Waals surface area (Å²) >= 11 is 0. The van der Waals surface area contributed by atoms with E-state index in [9.17, 15) is 4.79 Å². The summed E-state index contributed by atoms with van der Waals surface area (Å²) in [6.45, 7) is 2.72. The number of rotatable bonds is 4. The molecule has 0 saturated carbocycles. The van der Waals surface area contributed by atoms with E-state index in [0.29, 0.717) is 18.9 Å². The van der Waals surface area contributed by atoms with E-state index in [0.717, 1.165) is 36.6 Å². The van der Waals surface area contributed by atoms with Crippen LogP contribution >= 0.6 is 12.4 Å². The summed E-state index contributed by atoms with van der Waals surface area (Å²) in [5.41, 5.74) is 0.966. The predicted octanol–water partition coefficient (Wildman–Crippen LogP) is 1.45. The van der Waals surface area contributed by atoms with Crippen LogP contribution in [-0.4, -0.2) is 25.8 Å². The van der Waals surface area contributed by atoms with Gasteiger partial charge in [0.05, 0.1) is 0 Å². The first-order chi connectivity index (χ1) is 9.33. The van der Waals surface area contributed by atoms with Crippen LogP contribution in [0.5, 0.6) is 11.5 Å². The third-order valence-corrected chi connectivity index (χ3v) is 3.59. The van der Waals surface area contributed by atoms with Crippen LogP contribution in [0.3, 0.4) is 0 Å². The van der Waals surface area contributed by atoms with Crippen molar-refractivity contribution in [1.29, 1.82) is 0 Å². The SMILES string of the molecule is Cl.O=C(CC1CCNC1)NCc1cccc2c1OCO2. The highest BCUT2D eigenvalue weighted by atomic mass is 35.5. The number of fused-ring (bicyclic) bond motifs is 1. The molecule has 1 saturated heterocycles. The van der Waals surface area contributed by atoms with Crippen molar-refractivity contribution in [2.75, 3.05) is 19.9 Å². The van der Waals surface area contributed by atoms with Gasteiger partial charge in [-0.25, -0.2) is 0 Å². The Kier molecular flexibility index (Phi) is 5.09. The van der Waals surface area contributed by atoms with Crippen LogP contribution in [0.25, 0.3) is 0 Å². The third kappa shape index (κ3) is 3.35. The van der Waals surface area contributed by atoms with Gasteiger partial charge in [-0.1, -0.05) is 12.1 Å². The van der Waals surface area contributed by atoms with Gasteiger partial charge in [-0.2, -0.15) is 0 Å². The van der Waals surface area contributed by atoms with E-state index in [1.165, 1.54) is 0 Å². The monoisotopic (exact) mass is 298 g/mol. The van der Waals surface area contributed by atoms with E-state index in [4.69, 9.17) is 9.47 Å². The Morgan fingerprint density at radius 1 is 1.40 bits per heavy atom. The predicted molar refractivity (Wildman–Crippen MR) is 77.3 cm³/mol. The van der Waals surface area contributed by atoms with Crippen molar-refractivity contribution in [3.05, 3.63) is 23.8 Å². The topological polar surface area (TPSA) is 59.6 Å². The molecule has 1 atom stereocenters. The van der Waals surface area contributed by atoms with Gasteiger partial charge in [-0.05, 0) is 31.5 Å². The molecule has 1 amide bonds. The fourth-order valence-electron chi connectivity index (χ4n) is 2.55. The van der Waals surface area contributed by atoms with Crippen LogP contribution < -0.4 is 20.1 Å². The minimum absolute atomic E-state index is 0. The van der Waals surface area contributed by atoms with Gasteiger partial charge in [0.15, 0.2) is 11.5 Å². The minimum Gasteiger partial charge on any atom is -0.454 e. The Bertz CT molecular complexity index is 475. The molecule has 6 heteroatoms. The van der Waals surface area contributed by atoms with Gasteiger partial charge in [0.2, 0.25) is 12.7 Å². The number of ether oxygens (including phenoxy) is 2. The Hall–Kier alpha value is -1.46. The summed E-state index contributed by atoms with van der Waals surface area (Å²) in [6.07, 6.45) is 1.69. The lowest BCUT2D eigenvalue weighted by Crippen LogP contribution is -2.26. The summed E-state index contributed by atoms with van der Waals surface area (Å²) in [6, 6.07) is 5.73. The second-order valence-corrected chi connectivity index (χ2v) is 4.99. The fraction of sp³-hybridized carbons (Fsp3) is 0.500. The van der Waals surface area contributed by atoms with Crippen molar-refractivity contribution < 1.29 is 14.3 Å². The molecule has 1 unspecified atom stereocenters. The van der Waals surface area contributed by atoms with E-state index < -0.39 is 0 Å². The van der Waals surface area contributed by atoms with Gasteiger partial charge in [0.1, 0.15) is 0 Å². The molecule has 0 radical (unpaired) electrons. The van der Waals surface area contributed by atoms with Gasteiger partial charge < -0.3 is 20.1 Å². The second-order valence-electron chi connectivity index (χ2n) is 4.99. The molecule has 1 aromatic carbocycles. The summed E-state index contributed by atoms with van der Waals surface area (Å²) in [5, 5.41) is 6.22.